The highest BCUT2D eigenvalue weighted by Gasteiger charge is 2.32. The van der Waals surface area contributed by atoms with Crippen LogP contribution in [0.1, 0.15) is 43.7 Å². The summed E-state index contributed by atoms with van der Waals surface area (Å²) in [5.41, 5.74) is 1.99. The van der Waals surface area contributed by atoms with E-state index < -0.39 is 0 Å². The van der Waals surface area contributed by atoms with Gasteiger partial charge in [-0.25, -0.2) is 4.98 Å². The van der Waals surface area contributed by atoms with Gasteiger partial charge in [-0.2, -0.15) is 0 Å². The van der Waals surface area contributed by atoms with Crippen LogP contribution in [0.5, 0.6) is 5.75 Å². The van der Waals surface area contributed by atoms with Crippen molar-refractivity contribution in [2.45, 2.75) is 45.4 Å². The van der Waals surface area contributed by atoms with Crippen molar-refractivity contribution in [3.8, 4) is 5.75 Å². The predicted molar refractivity (Wildman–Crippen MR) is 92.9 cm³/mol. The van der Waals surface area contributed by atoms with Crippen molar-refractivity contribution >= 4 is 5.91 Å². The highest BCUT2D eigenvalue weighted by atomic mass is 16.5. The third kappa shape index (κ3) is 3.04. The Hall–Kier alpha value is -2.63. The summed E-state index contributed by atoms with van der Waals surface area (Å²) in [6.07, 6.45) is 10.4. The van der Waals surface area contributed by atoms with Crippen molar-refractivity contribution in [3.63, 3.8) is 0 Å². The monoisotopic (exact) mass is 338 g/mol. The van der Waals surface area contributed by atoms with E-state index in [9.17, 15) is 4.79 Å². The van der Waals surface area contributed by atoms with Crippen molar-refractivity contribution in [1.82, 2.24) is 19.4 Å². The van der Waals surface area contributed by atoms with Crippen molar-refractivity contribution in [2.75, 3.05) is 6.54 Å². The lowest BCUT2D eigenvalue weighted by atomic mass is 10.1. The standard InChI is InChI=1S/C19H22N4O2/c1-14-18-21-11-16(13-25-17-7-4-8-20-12-17)23(18)10-9-22(14)19(24)15-5-2-3-6-15/h4-5,7-8,11-12,14H,2-3,6,9-10,13H2,1H3. The van der Waals surface area contributed by atoms with E-state index in [4.69, 9.17) is 4.74 Å². The van der Waals surface area contributed by atoms with Gasteiger partial charge in [-0.1, -0.05) is 6.08 Å². The Balaban J connectivity index is 1.48. The molecule has 0 N–H and O–H groups in total. The summed E-state index contributed by atoms with van der Waals surface area (Å²) in [6, 6.07) is 3.72. The molecule has 25 heavy (non-hydrogen) atoms. The zero-order chi connectivity index (χ0) is 17.2. The quantitative estimate of drug-likeness (QED) is 0.860. The van der Waals surface area contributed by atoms with Crippen LogP contribution in [0.2, 0.25) is 0 Å². The van der Waals surface area contributed by atoms with E-state index in [2.05, 4.69) is 27.5 Å². The summed E-state index contributed by atoms with van der Waals surface area (Å²) in [6.45, 7) is 3.96. The number of carbonyl (C=O) groups is 1. The van der Waals surface area contributed by atoms with Gasteiger partial charge < -0.3 is 14.2 Å². The maximum Gasteiger partial charge on any atom is 0.250 e. The zero-order valence-electron chi connectivity index (χ0n) is 14.4. The fourth-order valence-electron chi connectivity index (χ4n) is 3.59. The first-order chi connectivity index (χ1) is 12.2. The normalized spacial score (nSPS) is 19.5. The van der Waals surface area contributed by atoms with Crippen molar-refractivity contribution in [2.24, 2.45) is 0 Å². The van der Waals surface area contributed by atoms with E-state index in [1.165, 1.54) is 0 Å². The minimum Gasteiger partial charge on any atom is -0.486 e. The molecule has 1 aliphatic carbocycles. The van der Waals surface area contributed by atoms with Crippen LogP contribution in [0.25, 0.3) is 0 Å². The molecule has 2 aromatic rings. The van der Waals surface area contributed by atoms with Gasteiger partial charge in [-0.3, -0.25) is 9.78 Å². The molecule has 0 saturated carbocycles. The molecule has 0 bridgehead atoms. The molecule has 2 aliphatic rings. The Kier molecular flexibility index (Phi) is 4.26. The molecule has 6 nitrogen and oxygen atoms in total. The summed E-state index contributed by atoms with van der Waals surface area (Å²) in [5, 5.41) is 0. The molecule has 1 aliphatic heterocycles. The number of hydrogen-bond donors (Lipinski definition) is 0. The number of amides is 1. The fraction of sp³-hybridized carbons (Fsp3) is 0.421. The topological polar surface area (TPSA) is 60.3 Å². The summed E-state index contributed by atoms with van der Waals surface area (Å²) >= 11 is 0. The number of aromatic nitrogens is 3. The SMILES string of the molecule is CC1c2ncc(COc3cccnc3)n2CCN1C(=O)C1=CCCC1. The average Bonchev–Trinajstić information content (AvgIpc) is 3.31. The van der Waals surface area contributed by atoms with Crippen LogP contribution in [-0.4, -0.2) is 31.9 Å². The number of rotatable bonds is 4. The Morgan fingerprint density at radius 1 is 1.36 bits per heavy atom. The van der Waals surface area contributed by atoms with Gasteiger partial charge in [0.15, 0.2) is 0 Å². The molecule has 2 aromatic heterocycles. The molecule has 0 spiro atoms. The van der Waals surface area contributed by atoms with Gasteiger partial charge in [0.1, 0.15) is 18.2 Å². The van der Waals surface area contributed by atoms with Gasteiger partial charge in [0, 0.05) is 24.9 Å². The second-order valence-electron chi connectivity index (χ2n) is 6.53. The molecular formula is C19H22N4O2. The third-order valence-electron chi connectivity index (χ3n) is 4.97. The first-order valence-corrected chi connectivity index (χ1v) is 8.81. The van der Waals surface area contributed by atoms with Crippen LogP contribution < -0.4 is 4.74 Å². The number of ether oxygens (including phenoxy) is 1. The highest BCUT2D eigenvalue weighted by molar-refractivity contribution is 5.94. The minimum absolute atomic E-state index is 0.0186. The number of imidazole rings is 1. The third-order valence-corrected chi connectivity index (χ3v) is 4.97. The van der Waals surface area contributed by atoms with E-state index in [0.717, 1.165) is 48.6 Å². The molecule has 1 unspecified atom stereocenters. The second kappa shape index (κ2) is 6.70. The largest absolute Gasteiger partial charge is 0.486 e. The smallest absolute Gasteiger partial charge is 0.250 e. The number of pyridine rings is 1. The van der Waals surface area contributed by atoms with E-state index in [1.54, 1.807) is 12.4 Å². The molecule has 0 aromatic carbocycles. The van der Waals surface area contributed by atoms with E-state index >= 15 is 0 Å². The lowest BCUT2D eigenvalue weighted by Gasteiger charge is -2.34. The lowest BCUT2D eigenvalue weighted by molar-refractivity contribution is -0.130. The molecule has 6 heteroatoms. The molecule has 0 saturated heterocycles. The first kappa shape index (κ1) is 15.9. The van der Waals surface area contributed by atoms with E-state index in [1.807, 2.05) is 23.2 Å². The maximum absolute atomic E-state index is 12.7. The number of carbonyl (C=O) groups excluding carboxylic acids is 1. The molecular weight excluding hydrogens is 316 g/mol. The average molecular weight is 338 g/mol. The Morgan fingerprint density at radius 3 is 3.04 bits per heavy atom. The van der Waals surface area contributed by atoms with Crippen molar-refractivity contribution in [3.05, 3.63) is 53.9 Å². The van der Waals surface area contributed by atoms with Gasteiger partial charge in [-0.15, -0.1) is 0 Å². The molecule has 0 fully saturated rings. The first-order valence-electron chi connectivity index (χ1n) is 8.81. The van der Waals surface area contributed by atoms with Gasteiger partial charge in [0.2, 0.25) is 5.91 Å². The van der Waals surface area contributed by atoms with E-state index in [0.29, 0.717) is 13.2 Å². The summed E-state index contributed by atoms with van der Waals surface area (Å²) < 4.78 is 7.97. The van der Waals surface area contributed by atoms with Gasteiger partial charge in [0.25, 0.3) is 0 Å². The lowest BCUT2D eigenvalue weighted by Crippen LogP contribution is -2.42. The molecule has 1 amide bonds. The number of hydrogen-bond acceptors (Lipinski definition) is 4. The predicted octanol–water partition coefficient (Wildman–Crippen LogP) is 2.87. The van der Waals surface area contributed by atoms with Crippen LogP contribution in [0, 0.1) is 0 Å². The molecule has 0 radical (unpaired) electrons. The minimum atomic E-state index is -0.0186. The summed E-state index contributed by atoms with van der Waals surface area (Å²) in [7, 11) is 0. The van der Waals surface area contributed by atoms with Crippen molar-refractivity contribution in [1.29, 1.82) is 0 Å². The Labute approximate surface area is 147 Å². The van der Waals surface area contributed by atoms with Crippen LogP contribution >= 0.6 is 0 Å². The van der Waals surface area contributed by atoms with Gasteiger partial charge in [0.05, 0.1) is 24.1 Å². The highest BCUT2D eigenvalue weighted by Crippen LogP contribution is 2.29. The maximum atomic E-state index is 12.7. The zero-order valence-corrected chi connectivity index (χ0v) is 14.4. The van der Waals surface area contributed by atoms with Crippen LogP contribution in [-0.2, 0) is 17.9 Å². The molecule has 130 valence electrons. The number of nitrogens with zero attached hydrogens (tertiary/aromatic N) is 4. The summed E-state index contributed by atoms with van der Waals surface area (Å²) in [4.78, 5) is 23.3. The summed E-state index contributed by atoms with van der Waals surface area (Å²) in [5.74, 6) is 1.85. The van der Waals surface area contributed by atoms with Crippen LogP contribution in [0.15, 0.2) is 42.4 Å². The van der Waals surface area contributed by atoms with Gasteiger partial charge in [-0.05, 0) is 38.3 Å². The fourth-order valence-corrected chi connectivity index (χ4v) is 3.59. The second-order valence-corrected chi connectivity index (χ2v) is 6.53. The molecule has 4 rings (SSSR count). The molecule has 1 atom stereocenters. The van der Waals surface area contributed by atoms with Crippen molar-refractivity contribution < 1.29 is 9.53 Å². The number of allylic oxidation sites excluding steroid dienone is 1. The molecule has 3 heterocycles. The van der Waals surface area contributed by atoms with Crippen LogP contribution in [0.3, 0.4) is 0 Å². The van der Waals surface area contributed by atoms with E-state index in [-0.39, 0.29) is 11.9 Å². The number of fused-ring (bicyclic) bond motifs is 1. The Morgan fingerprint density at radius 2 is 2.28 bits per heavy atom. The Bertz CT molecular complexity index is 797. The van der Waals surface area contributed by atoms with Crippen LogP contribution in [0.4, 0.5) is 0 Å². The van der Waals surface area contributed by atoms with Gasteiger partial charge >= 0.3 is 0 Å².